The Labute approximate surface area is 116 Å². The number of aromatic nitrogens is 3. The van der Waals surface area contributed by atoms with Crippen LogP contribution in [0.3, 0.4) is 0 Å². The van der Waals surface area contributed by atoms with Crippen LogP contribution in [-0.2, 0) is 0 Å². The summed E-state index contributed by atoms with van der Waals surface area (Å²) in [5.41, 5.74) is 0. The zero-order chi connectivity index (χ0) is 13.7. The molecule has 2 atom stereocenters. The molecule has 0 bridgehead atoms. The van der Waals surface area contributed by atoms with Gasteiger partial charge in [-0.3, -0.25) is 0 Å². The number of hydrogen-bond acceptors (Lipinski definition) is 7. The smallest absolute Gasteiger partial charge is 0.316 e. The van der Waals surface area contributed by atoms with E-state index in [4.69, 9.17) is 4.42 Å². The lowest BCUT2D eigenvalue weighted by Crippen LogP contribution is -2.17. The summed E-state index contributed by atoms with van der Waals surface area (Å²) in [5.74, 6) is 0.596. The van der Waals surface area contributed by atoms with Gasteiger partial charge in [-0.1, -0.05) is 18.9 Å². The van der Waals surface area contributed by atoms with Gasteiger partial charge in [0.25, 0.3) is 0 Å². The highest BCUT2D eigenvalue weighted by atomic mass is 32.1. The number of thiazole rings is 1. The number of anilines is 1. The third-order valence-corrected chi connectivity index (χ3v) is 3.67. The zero-order valence-electron chi connectivity index (χ0n) is 11.4. The molecule has 104 valence electrons. The van der Waals surface area contributed by atoms with Crippen molar-refractivity contribution in [2.75, 3.05) is 11.9 Å². The van der Waals surface area contributed by atoms with E-state index < -0.39 is 0 Å². The molecule has 2 heterocycles. The Balaban J connectivity index is 2.02. The van der Waals surface area contributed by atoms with E-state index in [9.17, 15) is 0 Å². The van der Waals surface area contributed by atoms with Crippen molar-refractivity contribution >= 4 is 17.4 Å². The molecule has 0 saturated heterocycles. The average Bonchev–Trinajstić information content (AvgIpc) is 3.07. The Kier molecular flexibility index (Phi) is 4.86. The van der Waals surface area contributed by atoms with Crippen molar-refractivity contribution in [2.45, 2.75) is 39.3 Å². The molecule has 7 heteroatoms. The maximum atomic E-state index is 5.61. The maximum Gasteiger partial charge on any atom is 0.316 e. The molecule has 0 aliphatic carbocycles. The summed E-state index contributed by atoms with van der Waals surface area (Å²) in [7, 11) is 0. The number of nitrogens with one attached hydrogen (secondary N) is 2. The molecule has 2 unspecified atom stereocenters. The van der Waals surface area contributed by atoms with Crippen molar-refractivity contribution in [1.29, 1.82) is 0 Å². The quantitative estimate of drug-likeness (QED) is 0.812. The van der Waals surface area contributed by atoms with Gasteiger partial charge in [0, 0.05) is 11.6 Å². The van der Waals surface area contributed by atoms with Crippen LogP contribution in [0.4, 0.5) is 6.01 Å². The second kappa shape index (κ2) is 6.63. The minimum absolute atomic E-state index is 0.0630. The molecular weight excluding hydrogens is 262 g/mol. The highest BCUT2D eigenvalue weighted by Crippen LogP contribution is 2.24. The minimum Gasteiger partial charge on any atom is -0.406 e. The van der Waals surface area contributed by atoms with Gasteiger partial charge in [-0.15, -0.1) is 16.4 Å². The molecular formula is C12H19N5OS. The summed E-state index contributed by atoms with van der Waals surface area (Å²) in [5, 5.41) is 17.5. The van der Waals surface area contributed by atoms with Crippen LogP contribution in [0.25, 0.3) is 0 Å². The van der Waals surface area contributed by atoms with Crippen molar-refractivity contribution < 1.29 is 4.42 Å². The Bertz CT molecular complexity index is 484. The summed E-state index contributed by atoms with van der Waals surface area (Å²) in [4.78, 5) is 4.31. The third kappa shape index (κ3) is 3.51. The molecule has 19 heavy (non-hydrogen) atoms. The molecule has 0 aromatic carbocycles. The van der Waals surface area contributed by atoms with Gasteiger partial charge in [0.2, 0.25) is 5.89 Å². The van der Waals surface area contributed by atoms with Crippen LogP contribution in [-0.4, -0.2) is 21.7 Å². The van der Waals surface area contributed by atoms with Crippen molar-refractivity contribution in [3.8, 4) is 0 Å². The summed E-state index contributed by atoms with van der Waals surface area (Å²) in [6.45, 7) is 7.00. The predicted molar refractivity (Wildman–Crippen MR) is 75.2 cm³/mol. The fraction of sp³-hybridized carbons (Fsp3) is 0.583. The van der Waals surface area contributed by atoms with Crippen molar-refractivity contribution in [3.05, 3.63) is 22.5 Å². The van der Waals surface area contributed by atoms with E-state index in [1.165, 1.54) is 0 Å². The lowest BCUT2D eigenvalue weighted by molar-refractivity contribution is 0.426. The fourth-order valence-electron chi connectivity index (χ4n) is 1.76. The first-order valence-electron chi connectivity index (χ1n) is 6.47. The summed E-state index contributed by atoms with van der Waals surface area (Å²) in [6, 6.07) is 0.623. The molecule has 2 aromatic heterocycles. The van der Waals surface area contributed by atoms with Gasteiger partial charge in [-0.25, -0.2) is 4.98 Å². The third-order valence-electron chi connectivity index (χ3n) is 2.78. The first kappa shape index (κ1) is 14.0. The minimum atomic E-state index is 0.0630. The van der Waals surface area contributed by atoms with Gasteiger partial charge >= 0.3 is 6.01 Å². The van der Waals surface area contributed by atoms with E-state index in [2.05, 4.69) is 32.7 Å². The monoisotopic (exact) mass is 281 g/mol. The van der Waals surface area contributed by atoms with Crippen LogP contribution in [0.2, 0.25) is 0 Å². The molecule has 0 aliphatic heterocycles. The number of rotatable bonds is 7. The van der Waals surface area contributed by atoms with Gasteiger partial charge in [-0.2, -0.15) is 0 Å². The topological polar surface area (TPSA) is 75.9 Å². The Morgan fingerprint density at radius 3 is 2.84 bits per heavy atom. The molecule has 2 rings (SSSR count). The molecule has 2 N–H and O–H groups in total. The van der Waals surface area contributed by atoms with Crippen LogP contribution < -0.4 is 10.6 Å². The first-order chi connectivity index (χ1) is 9.24. The van der Waals surface area contributed by atoms with Crippen molar-refractivity contribution in [3.63, 3.8) is 0 Å². The SMILES string of the molecule is CCNC(C)c1nnc(NC(CC)c2nccs2)o1. The molecule has 6 nitrogen and oxygen atoms in total. The number of hydrogen-bond donors (Lipinski definition) is 2. The molecule has 0 spiro atoms. The predicted octanol–water partition coefficient (Wildman–Crippen LogP) is 2.76. The van der Waals surface area contributed by atoms with Crippen LogP contribution in [0.15, 0.2) is 16.0 Å². The fourth-order valence-corrected chi connectivity index (χ4v) is 2.53. The largest absolute Gasteiger partial charge is 0.406 e. The highest BCUT2D eigenvalue weighted by molar-refractivity contribution is 7.09. The first-order valence-corrected chi connectivity index (χ1v) is 7.35. The van der Waals surface area contributed by atoms with E-state index in [0.29, 0.717) is 11.9 Å². The van der Waals surface area contributed by atoms with Crippen LogP contribution >= 0.6 is 11.3 Å². The van der Waals surface area contributed by atoms with E-state index in [0.717, 1.165) is 18.0 Å². The van der Waals surface area contributed by atoms with E-state index in [-0.39, 0.29) is 12.1 Å². The van der Waals surface area contributed by atoms with E-state index in [1.807, 2.05) is 19.2 Å². The van der Waals surface area contributed by atoms with Crippen LogP contribution in [0, 0.1) is 0 Å². The van der Waals surface area contributed by atoms with Gasteiger partial charge in [-0.05, 0) is 19.9 Å². The van der Waals surface area contributed by atoms with E-state index >= 15 is 0 Å². The lowest BCUT2D eigenvalue weighted by Gasteiger charge is -2.12. The van der Waals surface area contributed by atoms with Gasteiger partial charge in [0.1, 0.15) is 5.01 Å². The lowest BCUT2D eigenvalue weighted by atomic mass is 10.2. The highest BCUT2D eigenvalue weighted by Gasteiger charge is 2.17. The normalized spacial score (nSPS) is 14.3. The second-order valence-electron chi connectivity index (χ2n) is 4.20. The Morgan fingerprint density at radius 1 is 1.37 bits per heavy atom. The summed E-state index contributed by atoms with van der Waals surface area (Å²) in [6.07, 6.45) is 2.71. The van der Waals surface area contributed by atoms with Crippen LogP contribution in [0.5, 0.6) is 0 Å². The molecule has 0 fully saturated rings. The zero-order valence-corrected chi connectivity index (χ0v) is 12.2. The average molecular weight is 281 g/mol. The van der Waals surface area contributed by atoms with Crippen molar-refractivity contribution in [2.24, 2.45) is 0 Å². The Hall–Kier alpha value is -1.47. The maximum absolute atomic E-state index is 5.61. The molecule has 2 aromatic rings. The van der Waals surface area contributed by atoms with Gasteiger partial charge in [0.05, 0.1) is 12.1 Å². The molecule has 0 aliphatic rings. The molecule has 0 radical (unpaired) electrons. The Morgan fingerprint density at radius 2 is 2.21 bits per heavy atom. The molecule has 0 amide bonds. The van der Waals surface area contributed by atoms with Crippen molar-refractivity contribution in [1.82, 2.24) is 20.5 Å². The van der Waals surface area contributed by atoms with E-state index in [1.54, 1.807) is 17.5 Å². The molecule has 0 saturated carbocycles. The van der Waals surface area contributed by atoms with Crippen LogP contribution in [0.1, 0.15) is 50.2 Å². The summed E-state index contributed by atoms with van der Waals surface area (Å²) < 4.78 is 5.61. The second-order valence-corrected chi connectivity index (χ2v) is 5.13. The number of nitrogens with zero attached hydrogens (tertiary/aromatic N) is 3. The standard InChI is InChI=1S/C12H19N5OS/c1-4-9(11-14-6-7-19-11)15-12-17-16-10(18-12)8(3)13-5-2/h6-9,13H,4-5H2,1-3H3,(H,15,17). The summed E-state index contributed by atoms with van der Waals surface area (Å²) >= 11 is 1.62. The van der Waals surface area contributed by atoms with Gasteiger partial charge < -0.3 is 15.1 Å². The van der Waals surface area contributed by atoms with Gasteiger partial charge in [0.15, 0.2) is 0 Å².